The lowest BCUT2D eigenvalue weighted by Crippen LogP contribution is -2.21. The maximum Gasteiger partial charge on any atom is 0.159 e. The Morgan fingerprint density at radius 2 is 2.42 bits per heavy atom. The quantitative estimate of drug-likeness (QED) is 0.710. The lowest BCUT2D eigenvalue weighted by atomic mass is 10.1. The van der Waals surface area contributed by atoms with Gasteiger partial charge in [-0.1, -0.05) is 6.07 Å². The van der Waals surface area contributed by atoms with Crippen molar-refractivity contribution in [1.29, 1.82) is 0 Å². The van der Waals surface area contributed by atoms with Crippen LogP contribution in [0.3, 0.4) is 0 Å². The highest BCUT2D eigenvalue weighted by Gasteiger charge is 2.10. The maximum absolute atomic E-state index is 11.1. The number of rotatable bonds is 1. The van der Waals surface area contributed by atoms with Gasteiger partial charge in [0.15, 0.2) is 5.78 Å². The summed E-state index contributed by atoms with van der Waals surface area (Å²) in [6, 6.07) is 4.00. The number of hydrogen-bond acceptors (Lipinski definition) is 3. The van der Waals surface area contributed by atoms with Crippen LogP contribution in [0.5, 0.6) is 0 Å². The van der Waals surface area contributed by atoms with E-state index in [2.05, 4.69) is 5.32 Å². The molecule has 2 heterocycles. The van der Waals surface area contributed by atoms with Crippen molar-refractivity contribution in [2.45, 2.75) is 6.42 Å². The molecule has 12 heavy (non-hydrogen) atoms. The molecule has 0 aromatic carbocycles. The Kier molecular flexibility index (Phi) is 1.96. The van der Waals surface area contributed by atoms with E-state index in [1.165, 1.54) is 0 Å². The molecule has 0 saturated carbocycles. The SMILES string of the molecule is O=C1C=C(c2cccs2)NCC1. The van der Waals surface area contributed by atoms with Gasteiger partial charge in [0.2, 0.25) is 0 Å². The van der Waals surface area contributed by atoms with Crippen LogP contribution in [0.2, 0.25) is 0 Å². The van der Waals surface area contributed by atoms with E-state index in [1.807, 2.05) is 17.5 Å². The number of carbonyl (C=O) groups is 1. The summed E-state index contributed by atoms with van der Waals surface area (Å²) in [6.07, 6.45) is 2.31. The van der Waals surface area contributed by atoms with Crippen LogP contribution < -0.4 is 5.32 Å². The van der Waals surface area contributed by atoms with Crippen molar-refractivity contribution in [3.63, 3.8) is 0 Å². The van der Waals surface area contributed by atoms with Crippen molar-refractivity contribution in [3.05, 3.63) is 28.5 Å². The van der Waals surface area contributed by atoms with Crippen LogP contribution in [0.15, 0.2) is 23.6 Å². The summed E-state index contributed by atoms with van der Waals surface area (Å²) >= 11 is 1.65. The minimum atomic E-state index is 0.220. The normalized spacial score (nSPS) is 17.0. The molecule has 62 valence electrons. The lowest BCUT2D eigenvalue weighted by Gasteiger charge is -2.12. The standard InChI is InChI=1S/C9H9NOS/c11-7-3-4-10-8(6-7)9-2-1-5-12-9/h1-2,5-6,10H,3-4H2. The Hall–Kier alpha value is -1.09. The average molecular weight is 179 g/mol. The Balaban J connectivity index is 2.29. The summed E-state index contributed by atoms with van der Waals surface area (Å²) in [4.78, 5) is 12.2. The Bertz CT molecular complexity index is 313. The molecule has 0 unspecified atom stereocenters. The van der Waals surface area contributed by atoms with Crippen molar-refractivity contribution in [1.82, 2.24) is 5.32 Å². The van der Waals surface area contributed by atoms with E-state index in [4.69, 9.17) is 0 Å². The molecule has 0 atom stereocenters. The summed E-state index contributed by atoms with van der Waals surface area (Å²) in [6.45, 7) is 0.766. The van der Waals surface area contributed by atoms with Crippen LogP contribution in [0, 0.1) is 0 Å². The summed E-state index contributed by atoms with van der Waals surface area (Å²) in [5.74, 6) is 0.220. The predicted octanol–water partition coefficient (Wildman–Crippen LogP) is 1.65. The van der Waals surface area contributed by atoms with Crippen LogP contribution in [0.25, 0.3) is 5.70 Å². The number of nitrogens with one attached hydrogen (secondary N) is 1. The molecule has 2 nitrogen and oxygen atoms in total. The van der Waals surface area contributed by atoms with Crippen LogP contribution >= 0.6 is 11.3 Å². The fourth-order valence-electron chi connectivity index (χ4n) is 1.19. The molecule has 1 aromatic rings. The van der Waals surface area contributed by atoms with E-state index in [9.17, 15) is 4.79 Å². The molecule has 0 amide bonds. The zero-order valence-electron chi connectivity index (χ0n) is 6.54. The van der Waals surface area contributed by atoms with E-state index in [1.54, 1.807) is 17.4 Å². The number of ketones is 1. The van der Waals surface area contributed by atoms with Gasteiger partial charge >= 0.3 is 0 Å². The number of thiophene rings is 1. The molecule has 0 radical (unpaired) electrons. The monoisotopic (exact) mass is 179 g/mol. The fourth-order valence-corrected chi connectivity index (χ4v) is 1.91. The van der Waals surface area contributed by atoms with Gasteiger partial charge in [0.05, 0.1) is 10.6 Å². The molecule has 3 heteroatoms. The first-order valence-electron chi connectivity index (χ1n) is 3.88. The summed E-state index contributed by atoms with van der Waals surface area (Å²) in [7, 11) is 0. The van der Waals surface area contributed by atoms with Gasteiger partial charge in [-0.2, -0.15) is 0 Å². The highest BCUT2D eigenvalue weighted by Crippen LogP contribution is 2.19. The van der Waals surface area contributed by atoms with Gasteiger partial charge in [-0.3, -0.25) is 4.79 Å². The third-order valence-electron chi connectivity index (χ3n) is 1.78. The van der Waals surface area contributed by atoms with Crippen LogP contribution in [-0.4, -0.2) is 12.3 Å². The Morgan fingerprint density at radius 1 is 1.50 bits per heavy atom. The first-order valence-corrected chi connectivity index (χ1v) is 4.76. The van der Waals surface area contributed by atoms with Gasteiger partial charge in [-0.25, -0.2) is 0 Å². The average Bonchev–Trinajstić information content (AvgIpc) is 2.56. The molecule has 1 N–H and O–H groups in total. The molecule has 0 aliphatic carbocycles. The molecule has 1 aliphatic rings. The molecule has 0 fully saturated rings. The molecule has 1 aromatic heterocycles. The zero-order chi connectivity index (χ0) is 8.39. The summed E-state index contributed by atoms with van der Waals surface area (Å²) < 4.78 is 0. The molecule has 0 bridgehead atoms. The third kappa shape index (κ3) is 1.41. The lowest BCUT2D eigenvalue weighted by molar-refractivity contribution is -0.114. The van der Waals surface area contributed by atoms with Crippen molar-refractivity contribution in [2.75, 3.05) is 6.54 Å². The molecular formula is C9H9NOS. The smallest absolute Gasteiger partial charge is 0.159 e. The van der Waals surface area contributed by atoms with Crippen molar-refractivity contribution in [2.24, 2.45) is 0 Å². The molecule has 0 saturated heterocycles. The van der Waals surface area contributed by atoms with Gasteiger partial charge in [-0.15, -0.1) is 11.3 Å². The highest BCUT2D eigenvalue weighted by atomic mass is 32.1. The van der Waals surface area contributed by atoms with E-state index >= 15 is 0 Å². The number of allylic oxidation sites excluding steroid dienone is 1. The molecular weight excluding hydrogens is 170 g/mol. The zero-order valence-corrected chi connectivity index (χ0v) is 7.36. The second kappa shape index (κ2) is 3.11. The van der Waals surface area contributed by atoms with E-state index in [-0.39, 0.29) is 5.78 Å². The van der Waals surface area contributed by atoms with E-state index in [0.717, 1.165) is 17.1 Å². The fraction of sp³-hybridized carbons (Fsp3) is 0.222. The van der Waals surface area contributed by atoms with Gasteiger partial charge in [0.1, 0.15) is 0 Å². The second-order valence-electron chi connectivity index (χ2n) is 2.68. The predicted molar refractivity (Wildman–Crippen MR) is 49.9 cm³/mol. The molecule has 2 rings (SSSR count). The van der Waals surface area contributed by atoms with Crippen LogP contribution in [-0.2, 0) is 4.79 Å². The largest absolute Gasteiger partial charge is 0.383 e. The van der Waals surface area contributed by atoms with Gasteiger partial charge in [0, 0.05) is 19.0 Å². The van der Waals surface area contributed by atoms with Gasteiger partial charge in [-0.05, 0) is 11.4 Å². The first kappa shape index (κ1) is 7.55. The van der Waals surface area contributed by atoms with Gasteiger partial charge in [0.25, 0.3) is 0 Å². The Morgan fingerprint density at radius 3 is 3.08 bits per heavy atom. The van der Waals surface area contributed by atoms with Crippen LogP contribution in [0.1, 0.15) is 11.3 Å². The topological polar surface area (TPSA) is 29.1 Å². The first-order chi connectivity index (χ1) is 5.86. The number of hydrogen-bond donors (Lipinski definition) is 1. The maximum atomic E-state index is 11.1. The molecule has 1 aliphatic heterocycles. The third-order valence-corrected chi connectivity index (χ3v) is 2.68. The van der Waals surface area contributed by atoms with Crippen LogP contribution in [0.4, 0.5) is 0 Å². The van der Waals surface area contributed by atoms with E-state index < -0.39 is 0 Å². The van der Waals surface area contributed by atoms with Crippen molar-refractivity contribution >= 4 is 22.8 Å². The van der Waals surface area contributed by atoms with Crippen molar-refractivity contribution < 1.29 is 4.79 Å². The number of carbonyl (C=O) groups excluding carboxylic acids is 1. The van der Waals surface area contributed by atoms with Crippen molar-refractivity contribution in [3.8, 4) is 0 Å². The summed E-state index contributed by atoms with van der Waals surface area (Å²) in [5.41, 5.74) is 0.973. The summed E-state index contributed by atoms with van der Waals surface area (Å²) in [5, 5.41) is 5.21. The second-order valence-corrected chi connectivity index (χ2v) is 3.63. The minimum Gasteiger partial charge on any atom is -0.383 e. The Labute approximate surface area is 74.9 Å². The highest BCUT2D eigenvalue weighted by molar-refractivity contribution is 7.11. The minimum absolute atomic E-state index is 0.220. The molecule has 0 spiro atoms. The van der Waals surface area contributed by atoms with E-state index in [0.29, 0.717) is 6.42 Å². The van der Waals surface area contributed by atoms with Gasteiger partial charge < -0.3 is 5.32 Å².